The van der Waals surface area contributed by atoms with Crippen LogP contribution < -0.4 is 10.3 Å². The van der Waals surface area contributed by atoms with E-state index in [0.717, 1.165) is 22.0 Å². The Kier molecular flexibility index (Phi) is 3.27. The average molecular weight is 319 g/mol. The van der Waals surface area contributed by atoms with Gasteiger partial charge in [-0.25, -0.2) is 0 Å². The van der Waals surface area contributed by atoms with Crippen LogP contribution in [0.3, 0.4) is 0 Å². The Morgan fingerprint density at radius 2 is 1.88 bits per heavy atom. The fourth-order valence-electron chi connectivity index (χ4n) is 3.45. The minimum absolute atomic E-state index is 0.0674. The molecular formula is C20H17NO3. The van der Waals surface area contributed by atoms with Crippen LogP contribution in [0.15, 0.2) is 53.3 Å². The zero-order valence-corrected chi connectivity index (χ0v) is 13.6. The molecule has 0 spiro atoms. The van der Waals surface area contributed by atoms with Gasteiger partial charge in [0.25, 0.3) is 5.56 Å². The summed E-state index contributed by atoms with van der Waals surface area (Å²) >= 11 is 0. The Bertz CT molecular complexity index is 1020. The van der Waals surface area contributed by atoms with E-state index in [1.165, 1.54) is 0 Å². The molecule has 0 fully saturated rings. The summed E-state index contributed by atoms with van der Waals surface area (Å²) in [6.45, 7) is 1.56. The summed E-state index contributed by atoms with van der Waals surface area (Å²) in [6.07, 6.45) is -0.0228. The van der Waals surface area contributed by atoms with Crippen molar-refractivity contribution in [1.82, 2.24) is 4.57 Å². The molecule has 24 heavy (non-hydrogen) atoms. The highest BCUT2D eigenvalue weighted by Crippen LogP contribution is 2.46. The minimum atomic E-state index is -0.328. The maximum atomic E-state index is 12.9. The van der Waals surface area contributed by atoms with Crippen LogP contribution in [0.1, 0.15) is 25.0 Å². The van der Waals surface area contributed by atoms with E-state index in [1.807, 2.05) is 48.5 Å². The van der Waals surface area contributed by atoms with Gasteiger partial charge in [0.2, 0.25) is 0 Å². The van der Waals surface area contributed by atoms with Crippen LogP contribution in [0, 0.1) is 0 Å². The molecule has 1 unspecified atom stereocenters. The van der Waals surface area contributed by atoms with Crippen LogP contribution in [0.4, 0.5) is 0 Å². The summed E-state index contributed by atoms with van der Waals surface area (Å²) in [5, 5.41) is 0.935. The molecule has 1 aromatic heterocycles. The molecule has 0 N–H and O–H groups in total. The average Bonchev–Trinajstić information content (AvgIpc) is 2.92. The van der Waals surface area contributed by atoms with Gasteiger partial charge in [0.15, 0.2) is 0 Å². The highest BCUT2D eigenvalue weighted by molar-refractivity contribution is 5.97. The molecule has 0 saturated carbocycles. The Morgan fingerprint density at radius 3 is 2.58 bits per heavy atom. The van der Waals surface area contributed by atoms with Gasteiger partial charge in [-0.2, -0.15) is 0 Å². The molecule has 2 heterocycles. The summed E-state index contributed by atoms with van der Waals surface area (Å²) in [7, 11) is 1.77. The Morgan fingerprint density at radius 1 is 1.12 bits per heavy atom. The summed E-state index contributed by atoms with van der Waals surface area (Å²) in [5.41, 5.74) is 3.10. The highest BCUT2D eigenvalue weighted by Gasteiger charge is 2.31. The van der Waals surface area contributed by atoms with Gasteiger partial charge in [0.05, 0.1) is 11.1 Å². The van der Waals surface area contributed by atoms with Crippen molar-refractivity contribution in [3.05, 3.63) is 64.4 Å². The number of carbonyl (C=O) groups excluding carboxylic acids is 1. The lowest BCUT2D eigenvalue weighted by Gasteiger charge is -2.13. The molecule has 120 valence electrons. The van der Waals surface area contributed by atoms with E-state index in [0.29, 0.717) is 17.7 Å². The third kappa shape index (κ3) is 2.07. The predicted octanol–water partition coefficient (Wildman–Crippen LogP) is 3.62. The lowest BCUT2D eigenvalue weighted by Crippen LogP contribution is -2.19. The van der Waals surface area contributed by atoms with Gasteiger partial charge in [-0.15, -0.1) is 0 Å². The summed E-state index contributed by atoms with van der Waals surface area (Å²) < 4.78 is 7.78. The molecule has 1 atom stereocenters. The second-order valence-corrected chi connectivity index (χ2v) is 6.19. The first-order valence-electron chi connectivity index (χ1n) is 7.95. The third-order valence-electron chi connectivity index (χ3n) is 4.55. The molecule has 4 nitrogen and oxygen atoms in total. The smallest absolute Gasteiger partial charge is 0.262 e. The van der Waals surface area contributed by atoms with Gasteiger partial charge in [-0.1, -0.05) is 42.5 Å². The molecule has 0 aliphatic carbocycles. The van der Waals surface area contributed by atoms with E-state index in [9.17, 15) is 9.59 Å². The maximum Gasteiger partial charge on any atom is 0.262 e. The molecule has 0 amide bonds. The van der Waals surface area contributed by atoms with Crippen molar-refractivity contribution in [3.8, 4) is 16.9 Å². The van der Waals surface area contributed by atoms with Gasteiger partial charge in [-0.05, 0) is 18.6 Å². The van der Waals surface area contributed by atoms with Crippen LogP contribution in [0.5, 0.6) is 5.75 Å². The molecule has 3 aromatic rings. The Balaban J connectivity index is 2.07. The van der Waals surface area contributed by atoms with E-state index < -0.39 is 0 Å². The number of hydrogen-bond donors (Lipinski definition) is 0. The fraction of sp³-hybridized carbons (Fsp3) is 0.200. The van der Waals surface area contributed by atoms with Gasteiger partial charge in [0, 0.05) is 24.4 Å². The predicted molar refractivity (Wildman–Crippen MR) is 93.3 cm³/mol. The molecule has 1 aliphatic heterocycles. The Hall–Kier alpha value is -2.88. The van der Waals surface area contributed by atoms with Crippen molar-refractivity contribution < 1.29 is 9.53 Å². The van der Waals surface area contributed by atoms with E-state index in [2.05, 4.69) is 0 Å². The monoisotopic (exact) mass is 319 g/mol. The molecule has 2 aromatic carbocycles. The molecule has 0 bridgehead atoms. The third-order valence-corrected chi connectivity index (χ3v) is 4.55. The number of pyridine rings is 1. The number of Topliss-reactive ketones (excluding diaryl/α,β-unsaturated/α-hetero) is 1. The van der Waals surface area contributed by atoms with E-state index in [1.54, 1.807) is 18.5 Å². The topological polar surface area (TPSA) is 48.3 Å². The summed E-state index contributed by atoms with van der Waals surface area (Å²) in [6, 6.07) is 15.3. The van der Waals surface area contributed by atoms with Crippen molar-refractivity contribution >= 4 is 16.7 Å². The maximum absolute atomic E-state index is 12.9. The van der Waals surface area contributed by atoms with Crippen LogP contribution in [0.25, 0.3) is 22.0 Å². The zero-order valence-electron chi connectivity index (χ0n) is 13.6. The summed E-state index contributed by atoms with van der Waals surface area (Å²) in [5.74, 6) is 0.666. The lowest BCUT2D eigenvalue weighted by molar-refractivity contribution is -0.118. The number of rotatable bonds is 3. The number of benzene rings is 2. The van der Waals surface area contributed by atoms with Gasteiger partial charge >= 0.3 is 0 Å². The molecule has 0 radical (unpaired) electrons. The van der Waals surface area contributed by atoms with Crippen LogP contribution in [-0.2, 0) is 11.8 Å². The number of carbonyl (C=O) groups is 1. The van der Waals surface area contributed by atoms with Crippen molar-refractivity contribution in [2.24, 2.45) is 7.05 Å². The number of hydrogen-bond acceptors (Lipinski definition) is 3. The van der Waals surface area contributed by atoms with Crippen LogP contribution >= 0.6 is 0 Å². The van der Waals surface area contributed by atoms with Crippen molar-refractivity contribution in [1.29, 1.82) is 0 Å². The normalized spacial score (nSPS) is 15.5. The number of ketones is 1. The first-order valence-corrected chi connectivity index (χ1v) is 7.95. The number of ether oxygens (including phenoxy) is 1. The van der Waals surface area contributed by atoms with Crippen molar-refractivity contribution in [2.45, 2.75) is 19.4 Å². The van der Waals surface area contributed by atoms with Gasteiger partial charge < -0.3 is 9.30 Å². The van der Waals surface area contributed by atoms with E-state index in [4.69, 9.17) is 4.74 Å². The molecule has 0 saturated heterocycles. The summed E-state index contributed by atoms with van der Waals surface area (Å²) in [4.78, 5) is 24.5. The molecule has 4 rings (SSSR count). The quantitative estimate of drug-likeness (QED) is 0.741. The first-order chi connectivity index (χ1) is 11.6. The Labute approximate surface area is 139 Å². The van der Waals surface area contributed by atoms with Crippen LogP contribution in [-0.4, -0.2) is 10.4 Å². The number of nitrogens with zero attached hydrogens (tertiary/aromatic N) is 1. The van der Waals surface area contributed by atoms with Gasteiger partial charge in [-0.3, -0.25) is 9.59 Å². The standard InChI is InChI=1S/C20H17NO3/c1-12(22)11-16-14-9-6-10-15-18(14)19(24-16)17(20(23)21(15)2)13-7-4-3-5-8-13/h3-10,16H,11H2,1-2H3. The molecule has 1 aliphatic rings. The fourth-order valence-corrected chi connectivity index (χ4v) is 3.45. The van der Waals surface area contributed by atoms with Gasteiger partial charge in [0.1, 0.15) is 17.6 Å². The number of aromatic nitrogens is 1. The second kappa shape index (κ2) is 5.34. The SMILES string of the molecule is CC(=O)CC1Oc2c(-c3ccccc3)c(=O)n(C)c3cccc1c23. The second-order valence-electron chi connectivity index (χ2n) is 6.19. The highest BCUT2D eigenvalue weighted by atomic mass is 16.5. The molecular weight excluding hydrogens is 302 g/mol. The number of aryl methyl sites for hydroxylation is 1. The zero-order chi connectivity index (χ0) is 16.8. The molecule has 4 heteroatoms. The van der Waals surface area contributed by atoms with Crippen molar-refractivity contribution in [3.63, 3.8) is 0 Å². The van der Waals surface area contributed by atoms with Crippen LogP contribution in [0.2, 0.25) is 0 Å². The first kappa shape index (κ1) is 14.7. The lowest BCUT2D eigenvalue weighted by atomic mass is 9.99. The van der Waals surface area contributed by atoms with E-state index in [-0.39, 0.29) is 17.4 Å². The van der Waals surface area contributed by atoms with Crippen molar-refractivity contribution in [2.75, 3.05) is 0 Å². The minimum Gasteiger partial charge on any atom is -0.484 e. The largest absolute Gasteiger partial charge is 0.484 e. The van der Waals surface area contributed by atoms with E-state index >= 15 is 0 Å².